The van der Waals surface area contributed by atoms with E-state index < -0.39 is 7.25 Å². The molecule has 0 saturated heterocycles. The molecular weight excluding hydrogens is 725 g/mol. The topological polar surface area (TPSA) is 0 Å². The Bertz CT molecular complexity index is 1260. The molecule has 48 heavy (non-hydrogen) atoms. The average molecular weight is 762 g/mol. The summed E-state index contributed by atoms with van der Waals surface area (Å²) >= 11 is 0. The summed E-state index contributed by atoms with van der Waals surface area (Å²) in [7, 11) is -6.70. The molecule has 243 valence electrons. The standard InChI is InChI=1S/C26H24P2.C9H7.C5H6.BF4.Mo/c1-5-13-23(14-6-1)27(24-15-7-2-8-16-24)21-22-28(25-17-9-3-10-18-25)26-19-11-4-12-20-26;1-2-5-9-7-3-6-8(9)4-1;1-2-4-5-3-1;2-1(3,4)5;/h1-20H,21-22H2;1-7H;1-4H,5H2;;/q;;;-1;+2. The van der Waals surface area contributed by atoms with E-state index in [9.17, 15) is 17.3 Å². The van der Waals surface area contributed by atoms with Crippen molar-refractivity contribution in [1.82, 2.24) is 0 Å². The van der Waals surface area contributed by atoms with Gasteiger partial charge in [0.1, 0.15) is 0 Å². The predicted octanol–water partition coefficient (Wildman–Crippen LogP) is 9.64. The maximum atomic E-state index is 9.75. The minimum atomic E-state index is -6.00. The van der Waals surface area contributed by atoms with E-state index in [1.54, 1.807) is 0 Å². The number of allylic oxidation sites excluding steroid dienone is 4. The molecule has 4 aromatic rings. The van der Waals surface area contributed by atoms with E-state index in [4.69, 9.17) is 0 Å². The third kappa shape index (κ3) is 15.1. The molecule has 0 atom stereocenters. The molecule has 2 fully saturated rings. The van der Waals surface area contributed by atoms with Crippen molar-refractivity contribution in [3.63, 3.8) is 0 Å². The molecule has 7 rings (SSSR count). The first-order valence-corrected chi connectivity index (χ1v) is 18.5. The molecule has 4 aromatic carbocycles. The van der Waals surface area contributed by atoms with Gasteiger partial charge in [0.05, 0.1) is 0 Å². The van der Waals surface area contributed by atoms with Crippen molar-refractivity contribution in [2.24, 2.45) is 0 Å². The number of hydrogen-bond acceptors (Lipinski definition) is 0. The average Bonchev–Trinajstić information content (AvgIpc) is 3.84. The van der Waals surface area contributed by atoms with Gasteiger partial charge in [0.15, 0.2) is 0 Å². The van der Waals surface area contributed by atoms with Crippen molar-refractivity contribution in [3.8, 4) is 0 Å². The van der Waals surface area contributed by atoms with E-state index in [0.717, 1.165) is 6.42 Å². The first-order valence-electron chi connectivity index (χ1n) is 15.4. The molecule has 0 unspecified atom stereocenters. The van der Waals surface area contributed by atoms with E-state index in [1.807, 2.05) is 0 Å². The van der Waals surface area contributed by atoms with Gasteiger partial charge >= 0.3 is 28.3 Å². The molecule has 0 spiro atoms. The van der Waals surface area contributed by atoms with Crippen LogP contribution in [-0.2, 0) is 21.1 Å². The molecule has 0 N–H and O–H groups in total. The van der Waals surface area contributed by atoms with Crippen LogP contribution in [0.15, 0.2) is 146 Å². The smallest absolute Gasteiger partial charge is 0.418 e. The summed E-state index contributed by atoms with van der Waals surface area (Å²) in [6, 6.07) is 44.2. The second kappa shape index (κ2) is 22.4. The largest absolute Gasteiger partial charge is 2.00 e. The van der Waals surface area contributed by atoms with Crippen molar-refractivity contribution in [2.75, 3.05) is 12.3 Å². The number of hydrogen-bond donors (Lipinski definition) is 0. The summed E-state index contributed by atoms with van der Waals surface area (Å²) in [4.78, 5) is 0. The molecule has 3 aliphatic rings. The van der Waals surface area contributed by atoms with Crippen LogP contribution in [0.1, 0.15) is 6.42 Å². The van der Waals surface area contributed by atoms with E-state index in [2.05, 4.69) is 191 Å². The maximum Gasteiger partial charge on any atom is 2.00 e. The zero-order valence-electron chi connectivity index (χ0n) is 26.4. The third-order valence-corrected chi connectivity index (χ3v) is 12.4. The molecule has 2 saturated carbocycles. The second-order valence-electron chi connectivity index (χ2n) is 10.4. The monoisotopic (exact) mass is 764 g/mol. The summed E-state index contributed by atoms with van der Waals surface area (Å²) in [6.07, 6.45) is 26.6. The summed E-state index contributed by atoms with van der Waals surface area (Å²) in [5.41, 5.74) is 0. The molecule has 3 aliphatic carbocycles. The van der Waals surface area contributed by atoms with Crippen LogP contribution in [0.25, 0.3) is 0 Å². The molecule has 0 nitrogen and oxygen atoms in total. The Morgan fingerprint density at radius 2 is 0.750 bits per heavy atom. The van der Waals surface area contributed by atoms with Crippen molar-refractivity contribution in [3.05, 3.63) is 202 Å². The normalized spacial score (nSPS) is 15.3. The van der Waals surface area contributed by atoms with Crippen LogP contribution in [-0.4, -0.2) is 19.6 Å². The van der Waals surface area contributed by atoms with Crippen LogP contribution in [0.3, 0.4) is 0 Å². The van der Waals surface area contributed by atoms with Gasteiger partial charge in [0, 0.05) is 11.8 Å². The van der Waals surface area contributed by atoms with Crippen LogP contribution in [0.5, 0.6) is 0 Å². The van der Waals surface area contributed by atoms with Crippen LogP contribution in [0.2, 0.25) is 0 Å². The van der Waals surface area contributed by atoms with Gasteiger partial charge in [0.25, 0.3) is 0 Å². The Hall–Kier alpha value is -2.31. The SMILES string of the molecule is F[B-](F)(F)F.[CH]1[CH][CH]C[CH]1.[CH]1[CH][C]2C=CC=C[C]2[CH]1.[Mo+2].c1ccc(P(CCP(c2ccccc2)c2ccccc2)c2ccccc2)cc1. The van der Waals surface area contributed by atoms with Gasteiger partial charge in [0.2, 0.25) is 0 Å². The van der Waals surface area contributed by atoms with Crippen LogP contribution in [0, 0.1) is 56.8 Å². The Kier molecular flexibility index (Phi) is 18.7. The zero-order chi connectivity index (χ0) is 33.2. The minimum absolute atomic E-state index is 0. The fourth-order valence-corrected chi connectivity index (χ4v) is 10.3. The van der Waals surface area contributed by atoms with Gasteiger partial charge in [-0.3, -0.25) is 0 Å². The Morgan fingerprint density at radius 3 is 1.00 bits per heavy atom. The first-order chi connectivity index (χ1) is 22.9. The Labute approximate surface area is 302 Å². The summed E-state index contributed by atoms with van der Waals surface area (Å²) in [5.74, 6) is 2.66. The summed E-state index contributed by atoms with van der Waals surface area (Å²) < 4.78 is 39.0. The number of rotatable bonds is 7. The van der Waals surface area contributed by atoms with Crippen molar-refractivity contribution in [1.29, 1.82) is 0 Å². The van der Waals surface area contributed by atoms with Crippen LogP contribution in [0.4, 0.5) is 17.3 Å². The van der Waals surface area contributed by atoms with Gasteiger partial charge in [-0.05, 0) is 101 Å². The first kappa shape index (κ1) is 40.1. The molecule has 0 amide bonds. The molecular formula is C40H37BF4MoP2+. The third-order valence-electron chi connectivity index (χ3n) is 7.02. The Balaban J connectivity index is 0.000000252. The number of fused-ring (bicyclic) bond motifs is 1. The minimum Gasteiger partial charge on any atom is -0.418 e. The van der Waals surface area contributed by atoms with E-state index in [1.165, 1.54) is 45.4 Å². The van der Waals surface area contributed by atoms with Crippen LogP contribution < -0.4 is 21.2 Å². The van der Waals surface area contributed by atoms with Crippen molar-refractivity contribution >= 4 is 44.3 Å². The van der Waals surface area contributed by atoms with Gasteiger partial charge in [-0.25, -0.2) is 0 Å². The molecule has 0 heterocycles. The Morgan fingerprint density at radius 1 is 0.458 bits per heavy atom. The van der Waals surface area contributed by atoms with Crippen molar-refractivity contribution < 1.29 is 38.3 Å². The van der Waals surface area contributed by atoms with E-state index >= 15 is 0 Å². The maximum absolute atomic E-state index is 9.75. The van der Waals surface area contributed by atoms with E-state index in [0.29, 0.717) is 0 Å². The van der Waals surface area contributed by atoms with E-state index in [-0.39, 0.29) is 36.9 Å². The molecule has 8 heteroatoms. The summed E-state index contributed by atoms with van der Waals surface area (Å²) in [5, 5.41) is 5.89. The van der Waals surface area contributed by atoms with Gasteiger partial charge in [-0.15, -0.1) is 0 Å². The molecule has 0 bridgehead atoms. The molecule has 0 aliphatic heterocycles. The van der Waals surface area contributed by atoms with Gasteiger partial charge in [-0.1, -0.05) is 146 Å². The second-order valence-corrected chi connectivity index (χ2v) is 15.1. The zero-order valence-corrected chi connectivity index (χ0v) is 30.2. The number of benzene rings is 4. The fourth-order valence-electron chi connectivity index (χ4n) is 4.91. The molecule has 0 aromatic heterocycles. The fraction of sp³-hybridized carbons (Fsp3) is 0.0750. The van der Waals surface area contributed by atoms with Crippen molar-refractivity contribution in [2.45, 2.75) is 6.42 Å². The van der Waals surface area contributed by atoms with Gasteiger partial charge in [-0.2, -0.15) is 0 Å². The predicted molar refractivity (Wildman–Crippen MR) is 198 cm³/mol. The summed E-state index contributed by atoms with van der Waals surface area (Å²) in [6.45, 7) is 0. The van der Waals surface area contributed by atoms with Gasteiger partial charge < -0.3 is 17.3 Å². The molecule has 9 radical (unpaired) electrons. The van der Waals surface area contributed by atoms with Crippen LogP contribution >= 0.6 is 15.8 Å². The quantitative estimate of drug-likeness (QED) is 0.100. The number of halogens is 4.